The zero-order valence-corrected chi connectivity index (χ0v) is 16.6. The number of aromatic amines is 1. The van der Waals surface area contributed by atoms with Crippen LogP contribution in [0, 0.1) is 20.8 Å². The van der Waals surface area contributed by atoms with Gasteiger partial charge in [-0.1, -0.05) is 0 Å². The van der Waals surface area contributed by atoms with Gasteiger partial charge in [-0.3, -0.25) is 9.78 Å². The molecule has 0 saturated carbocycles. The largest absolute Gasteiger partial charge is 0.362 e. The molecule has 1 amide bonds. The van der Waals surface area contributed by atoms with E-state index in [4.69, 9.17) is 4.98 Å². The predicted octanol–water partition coefficient (Wildman–Crippen LogP) is 3.81. The van der Waals surface area contributed by atoms with Crippen LogP contribution in [0.5, 0.6) is 0 Å². The van der Waals surface area contributed by atoms with E-state index in [-0.39, 0.29) is 11.8 Å². The number of nitrogens with one attached hydrogen (secondary N) is 1. The van der Waals surface area contributed by atoms with E-state index in [1.165, 1.54) is 0 Å². The number of rotatable bonds is 3. The fourth-order valence-electron chi connectivity index (χ4n) is 4.05. The maximum absolute atomic E-state index is 13.1. The molecule has 1 fully saturated rings. The maximum atomic E-state index is 13.1. The highest BCUT2D eigenvalue weighted by atomic mass is 16.2. The molecule has 1 saturated heterocycles. The van der Waals surface area contributed by atoms with Crippen LogP contribution in [0.4, 0.5) is 0 Å². The van der Waals surface area contributed by atoms with Crippen molar-refractivity contribution in [3.05, 3.63) is 65.3 Å². The molecule has 3 aromatic rings. The lowest BCUT2D eigenvalue weighted by atomic mass is 9.89. The highest BCUT2D eigenvalue weighted by Gasteiger charge is 2.29. The van der Waals surface area contributed by atoms with Crippen LogP contribution in [0.2, 0.25) is 0 Å². The van der Waals surface area contributed by atoms with Crippen LogP contribution in [0.1, 0.15) is 52.0 Å². The lowest BCUT2D eigenvalue weighted by Crippen LogP contribution is -2.39. The molecule has 1 aliphatic heterocycles. The van der Waals surface area contributed by atoms with E-state index >= 15 is 0 Å². The van der Waals surface area contributed by atoms with Gasteiger partial charge >= 0.3 is 0 Å². The summed E-state index contributed by atoms with van der Waals surface area (Å²) in [6, 6.07) is 5.91. The number of H-pyrrole nitrogens is 1. The van der Waals surface area contributed by atoms with Gasteiger partial charge in [0.2, 0.25) is 0 Å². The molecule has 6 heteroatoms. The average molecular weight is 375 g/mol. The number of aromatic nitrogens is 4. The Bertz CT molecular complexity index is 995. The van der Waals surface area contributed by atoms with Gasteiger partial charge in [0, 0.05) is 54.5 Å². The van der Waals surface area contributed by atoms with Gasteiger partial charge in [-0.15, -0.1) is 0 Å². The summed E-state index contributed by atoms with van der Waals surface area (Å²) in [6.07, 6.45) is 7.45. The first-order valence-corrected chi connectivity index (χ1v) is 9.72. The smallest absolute Gasteiger partial charge is 0.255 e. The second-order valence-corrected chi connectivity index (χ2v) is 7.53. The Labute approximate surface area is 165 Å². The normalized spacial score (nSPS) is 17.0. The number of pyridine rings is 1. The Kier molecular flexibility index (Phi) is 4.94. The van der Waals surface area contributed by atoms with E-state index < -0.39 is 0 Å². The fourth-order valence-corrected chi connectivity index (χ4v) is 4.05. The summed E-state index contributed by atoms with van der Waals surface area (Å²) in [5.41, 5.74) is 5.83. The molecular weight excluding hydrogens is 350 g/mol. The van der Waals surface area contributed by atoms with Crippen LogP contribution < -0.4 is 0 Å². The molecule has 6 nitrogen and oxygen atoms in total. The Morgan fingerprint density at radius 1 is 1.21 bits per heavy atom. The zero-order valence-electron chi connectivity index (χ0n) is 16.6. The number of piperidine rings is 1. The van der Waals surface area contributed by atoms with Crippen molar-refractivity contribution in [3.8, 4) is 11.1 Å². The number of amides is 1. The summed E-state index contributed by atoms with van der Waals surface area (Å²) >= 11 is 0. The van der Waals surface area contributed by atoms with Crippen molar-refractivity contribution < 1.29 is 4.79 Å². The van der Waals surface area contributed by atoms with E-state index in [9.17, 15) is 4.79 Å². The van der Waals surface area contributed by atoms with Gasteiger partial charge in [0.1, 0.15) is 5.82 Å². The van der Waals surface area contributed by atoms with Crippen molar-refractivity contribution in [3.63, 3.8) is 0 Å². The molecule has 0 aliphatic carbocycles. The average Bonchev–Trinajstić information content (AvgIpc) is 3.06. The lowest BCUT2D eigenvalue weighted by molar-refractivity contribution is 0.0705. The van der Waals surface area contributed by atoms with E-state index in [1.54, 1.807) is 12.4 Å². The van der Waals surface area contributed by atoms with Crippen LogP contribution in [0.3, 0.4) is 0 Å². The topological polar surface area (TPSA) is 74.8 Å². The summed E-state index contributed by atoms with van der Waals surface area (Å²) in [5.74, 6) is 1.05. The third kappa shape index (κ3) is 3.54. The van der Waals surface area contributed by atoms with Gasteiger partial charge in [-0.05, 0) is 57.4 Å². The monoisotopic (exact) mass is 375 g/mol. The van der Waals surface area contributed by atoms with Crippen LogP contribution in [-0.2, 0) is 0 Å². The van der Waals surface area contributed by atoms with Crippen molar-refractivity contribution in [2.45, 2.75) is 39.5 Å². The minimum Gasteiger partial charge on any atom is -0.362 e. The zero-order chi connectivity index (χ0) is 19.7. The standard InChI is InChI=1S/C22H25N5O/c1-14-11-19(15(2)25-14)22(28)27-10-4-5-18(13-27)21-20(12-24-16(3)26-21)17-6-8-23-9-7-17/h6-9,11-12,18,25H,4-5,10,13H2,1-3H3/t18-/m0/s1. The quantitative estimate of drug-likeness (QED) is 0.755. The van der Waals surface area contributed by atoms with Crippen molar-refractivity contribution in [2.24, 2.45) is 0 Å². The first kappa shape index (κ1) is 18.3. The maximum Gasteiger partial charge on any atom is 0.255 e. The van der Waals surface area contributed by atoms with Crippen LogP contribution in [0.15, 0.2) is 36.8 Å². The van der Waals surface area contributed by atoms with Gasteiger partial charge in [0.05, 0.1) is 11.3 Å². The molecule has 4 rings (SSSR count). The molecule has 3 aromatic heterocycles. The molecule has 0 spiro atoms. The van der Waals surface area contributed by atoms with Gasteiger partial charge < -0.3 is 9.88 Å². The first-order valence-electron chi connectivity index (χ1n) is 9.72. The molecular formula is C22H25N5O. The molecule has 1 aliphatic rings. The number of aryl methyl sites for hydroxylation is 3. The second kappa shape index (κ2) is 7.54. The highest BCUT2D eigenvalue weighted by Crippen LogP contribution is 2.33. The van der Waals surface area contributed by atoms with E-state index in [1.807, 2.05) is 50.1 Å². The van der Waals surface area contributed by atoms with Crippen molar-refractivity contribution in [1.82, 2.24) is 24.8 Å². The number of hydrogen-bond acceptors (Lipinski definition) is 4. The van der Waals surface area contributed by atoms with Crippen LogP contribution >= 0.6 is 0 Å². The molecule has 0 radical (unpaired) electrons. The minimum absolute atomic E-state index is 0.0998. The van der Waals surface area contributed by atoms with E-state index in [0.717, 1.165) is 59.0 Å². The van der Waals surface area contributed by atoms with Crippen molar-refractivity contribution in [1.29, 1.82) is 0 Å². The highest BCUT2D eigenvalue weighted by molar-refractivity contribution is 5.95. The lowest BCUT2D eigenvalue weighted by Gasteiger charge is -2.33. The van der Waals surface area contributed by atoms with E-state index in [0.29, 0.717) is 6.54 Å². The van der Waals surface area contributed by atoms with Gasteiger partial charge in [-0.2, -0.15) is 0 Å². The first-order chi connectivity index (χ1) is 13.5. The molecule has 0 unspecified atom stereocenters. The summed E-state index contributed by atoms with van der Waals surface area (Å²) < 4.78 is 0. The van der Waals surface area contributed by atoms with Crippen LogP contribution in [-0.4, -0.2) is 43.8 Å². The second-order valence-electron chi connectivity index (χ2n) is 7.53. The summed E-state index contributed by atoms with van der Waals surface area (Å²) in [4.78, 5) is 31.6. The number of likely N-dealkylation sites (tertiary alicyclic amines) is 1. The van der Waals surface area contributed by atoms with Gasteiger partial charge in [0.25, 0.3) is 5.91 Å². The number of nitrogens with zero attached hydrogens (tertiary/aromatic N) is 4. The number of hydrogen-bond donors (Lipinski definition) is 1. The molecule has 1 N–H and O–H groups in total. The predicted molar refractivity (Wildman–Crippen MR) is 108 cm³/mol. The summed E-state index contributed by atoms with van der Waals surface area (Å²) in [7, 11) is 0. The fraction of sp³-hybridized carbons (Fsp3) is 0.364. The molecule has 28 heavy (non-hydrogen) atoms. The Balaban J connectivity index is 1.64. The summed E-state index contributed by atoms with van der Waals surface area (Å²) in [5, 5.41) is 0. The Morgan fingerprint density at radius 3 is 2.71 bits per heavy atom. The molecule has 4 heterocycles. The van der Waals surface area contributed by atoms with Crippen LogP contribution in [0.25, 0.3) is 11.1 Å². The third-order valence-electron chi connectivity index (χ3n) is 5.41. The molecule has 1 atom stereocenters. The van der Waals surface area contributed by atoms with E-state index in [2.05, 4.69) is 15.0 Å². The Morgan fingerprint density at radius 2 is 2.00 bits per heavy atom. The third-order valence-corrected chi connectivity index (χ3v) is 5.41. The minimum atomic E-state index is 0.0998. The summed E-state index contributed by atoms with van der Waals surface area (Å²) in [6.45, 7) is 7.31. The van der Waals surface area contributed by atoms with Gasteiger partial charge in [0.15, 0.2) is 0 Å². The molecule has 144 valence electrons. The van der Waals surface area contributed by atoms with Gasteiger partial charge in [-0.25, -0.2) is 9.97 Å². The Hall–Kier alpha value is -3.02. The SMILES string of the molecule is Cc1ncc(-c2ccncc2)c([C@H]2CCCN(C(=O)c3cc(C)[nH]c3C)C2)n1. The number of carbonyl (C=O) groups excluding carboxylic acids is 1. The van der Waals surface area contributed by atoms with Crippen molar-refractivity contribution >= 4 is 5.91 Å². The molecule has 0 bridgehead atoms. The molecule has 0 aromatic carbocycles. The van der Waals surface area contributed by atoms with Crippen molar-refractivity contribution in [2.75, 3.05) is 13.1 Å². The number of carbonyl (C=O) groups is 1.